The second-order valence-corrected chi connectivity index (χ2v) is 6.09. The van der Waals surface area contributed by atoms with E-state index < -0.39 is 0 Å². The van der Waals surface area contributed by atoms with E-state index in [2.05, 4.69) is 53.1 Å². The number of hydrogen-bond donors (Lipinski definition) is 0. The van der Waals surface area contributed by atoms with Crippen LogP contribution in [0.15, 0.2) is 54.6 Å². The van der Waals surface area contributed by atoms with E-state index in [-0.39, 0.29) is 5.92 Å². The highest BCUT2D eigenvalue weighted by atomic mass is 16.1. The lowest BCUT2D eigenvalue weighted by Crippen LogP contribution is -2.15. The molecule has 22 heavy (non-hydrogen) atoms. The minimum absolute atomic E-state index is 0.0415. The van der Waals surface area contributed by atoms with Gasteiger partial charge in [-0.2, -0.15) is 0 Å². The van der Waals surface area contributed by atoms with Gasteiger partial charge in [-0.1, -0.05) is 48.5 Å². The molecule has 4 rings (SSSR count). The molecule has 2 aromatic carbocycles. The van der Waals surface area contributed by atoms with Crippen LogP contribution in [0.1, 0.15) is 35.6 Å². The molecule has 1 aromatic heterocycles. The fraction of sp³-hybridized carbons (Fsp3) is 0.250. The molecule has 0 aliphatic heterocycles. The summed E-state index contributed by atoms with van der Waals surface area (Å²) in [4.78, 5) is 11.6. The first-order chi connectivity index (χ1) is 10.9. The fourth-order valence-corrected chi connectivity index (χ4v) is 3.79. The maximum atomic E-state index is 11.6. The second-order valence-electron chi connectivity index (χ2n) is 6.09. The van der Waals surface area contributed by atoms with Crippen molar-refractivity contribution in [2.24, 2.45) is 0 Å². The summed E-state index contributed by atoms with van der Waals surface area (Å²) >= 11 is 0. The molecular formula is C20H19NO. The number of benzene rings is 2. The van der Waals surface area contributed by atoms with Gasteiger partial charge in [-0.05, 0) is 36.5 Å². The summed E-state index contributed by atoms with van der Waals surface area (Å²) < 4.78 is 2.36. The van der Waals surface area contributed by atoms with Crippen molar-refractivity contribution in [3.05, 3.63) is 71.4 Å². The highest BCUT2D eigenvalue weighted by molar-refractivity contribution is 5.87. The molecule has 0 saturated carbocycles. The van der Waals surface area contributed by atoms with Crippen molar-refractivity contribution < 1.29 is 4.79 Å². The van der Waals surface area contributed by atoms with Crippen LogP contribution >= 0.6 is 0 Å². The summed E-state index contributed by atoms with van der Waals surface area (Å²) in [5.74, 6) is 0.0415. The lowest BCUT2D eigenvalue weighted by atomic mass is 9.87. The van der Waals surface area contributed by atoms with Crippen LogP contribution in [0.2, 0.25) is 0 Å². The van der Waals surface area contributed by atoms with E-state index in [4.69, 9.17) is 0 Å². The standard InChI is InChI=1S/C20H19NO/c22-14-16-9-6-11-18-17-10-4-5-12-19(17)21(20(16)18)13-15-7-2-1-3-8-15/h1-5,7-8,10,12,14,16H,6,9,11,13H2. The van der Waals surface area contributed by atoms with Gasteiger partial charge < -0.3 is 9.36 Å². The van der Waals surface area contributed by atoms with E-state index in [0.29, 0.717) is 0 Å². The number of aryl methyl sites for hydroxylation is 1. The Labute approximate surface area is 130 Å². The quantitative estimate of drug-likeness (QED) is 0.659. The van der Waals surface area contributed by atoms with Gasteiger partial charge in [0.05, 0.1) is 5.92 Å². The van der Waals surface area contributed by atoms with Gasteiger partial charge in [0.25, 0.3) is 0 Å². The molecule has 1 unspecified atom stereocenters. The predicted molar refractivity (Wildman–Crippen MR) is 89.2 cm³/mol. The van der Waals surface area contributed by atoms with E-state index in [1.165, 1.54) is 27.7 Å². The Morgan fingerprint density at radius 1 is 1.05 bits per heavy atom. The van der Waals surface area contributed by atoms with Gasteiger partial charge in [0, 0.05) is 23.1 Å². The molecule has 0 N–H and O–H groups in total. The summed E-state index contributed by atoms with van der Waals surface area (Å²) in [5, 5.41) is 1.32. The zero-order chi connectivity index (χ0) is 14.9. The Bertz CT molecular complexity index is 816. The van der Waals surface area contributed by atoms with Gasteiger partial charge in [-0.15, -0.1) is 0 Å². The molecule has 3 aromatic rings. The first-order valence-corrected chi connectivity index (χ1v) is 7.97. The molecule has 0 bridgehead atoms. The summed E-state index contributed by atoms with van der Waals surface area (Å²) in [6, 6.07) is 19.1. The van der Waals surface area contributed by atoms with Crippen molar-refractivity contribution in [3.8, 4) is 0 Å². The molecule has 110 valence electrons. The van der Waals surface area contributed by atoms with Crippen molar-refractivity contribution in [3.63, 3.8) is 0 Å². The number of aldehydes is 1. The Kier molecular flexibility index (Phi) is 3.30. The number of carbonyl (C=O) groups excluding carboxylic acids is 1. The highest BCUT2D eigenvalue weighted by Crippen LogP contribution is 2.38. The summed E-state index contributed by atoms with van der Waals surface area (Å²) in [5.41, 5.74) is 5.16. The van der Waals surface area contributed by atoms with Crippen molar-refractivity contribution >= 4 is 17.2 Å². The first kappa shape index (κ1) is 13.3. The number of fused-ring (bicyclic) bond motifs is 3. The molecule has 0 radical (unpaired) electrons. The summed E-state index contributed by atoms with van der Waals surface area (Å²) in [7, 11) is 0. The van der Waals surface area contributed by atoms with E-state index in [9.17, 15) is 4.79 Å². The average Bonchev–Trinajstić information content (AvgIpc) is 2.90. The molecule has 2 nitrogen and oxygen atoms in total. The SMILES string of the molecule is O=CC1CCCc2c1n(Cc1ccccc1)c1ccccc21. The number of hydrogen-bond acceptors (Lipinski definition) is 1. The van der Waals surface area contributed by atoms with Crippen LogP contribution in [0.3, 0.4) is 0 Å². The van der Waals surface area contributed by atoms with Gasteiger partial charge in [0.2, 0.25) is 0 Å². The van der Waals surface area contributed by atoms with E-state index in [1.807, 2.05) is 6.07 Å². The Morgan fingerprint density at radius 3 is 2.64 bits per heavy atom. The monoisotopic (exact) mass is 289 g/mol. The molecule has 0 spiro atoms. The molecule has 1 atom stereocenters. The van der Waals surface area contributed by atoms with Crippen LogP contribution in [0.5, 0.6) is 0 Å². The second kappa shape index (κ2) is 5.45. The highest BCUT2D eigenvalue weighted by Gasteiger charge is 2.27. The van der Waals surface area contributed by atoms with Crippen molar-refractivity contribution in [1.82, 2.24) is 4.57 Å². The Hall–Kier alpha value is -2.35. The van der Waals surface area contributed by atoms with Crippen molar-refractivity contribution in [1.29, 1.82) is 0 Å². The minimum Gasteiger partial charge on any atom is -0.339 e. The first-order valence-electron chi connectivity index (χ1n) is 7.97. The minimum atomic E-state index is 0.0415. The maximum absolute atomic E-state index is 11.6. The van der Waals surface area contributed by atoms with Crippen LogP contribution in [0.4, 0.5) is 0 Å². The molecule has 0 amide bonds. The van der Waals surface area contributed by atoms with Crippen molar-refractivity contribution in [2.75, 3.05) is 0 Å². The molecular weight excluding hydrogens is 270 g/mol. The number of aromatic nitrogens is 1. The van der Waals surface area contributed by atoms with E-state index >= 15 is 0 Å². The van der Waals surface area contributed by atoms with Crippen LogP contribution in [0, 0.1) is 0 Å². The Balaban J connectivity index is 1.94. The number of rotatable bonds is 3. The lowest BCUT2D eigenvalue weighted by molar-refractivity contribution is -0.109. The third kappa shape index (κ3) is 2.07. The Morgan fingerprint density at radius 2 is 1.82 bits per heavy atom. The van der Waals surface area contributed by atoms with Crippen LogP contribution in [0.25, 0.3) is 10.9 Å². The molecule has 0 fully saturated rings. The number of nitrogens with zero attached hydrogens (tertiary/aromatic N) is 1. The predicted octanol–water partition coefficient (Wildman–Crippen LogP) is 4.31. The van der Waals surface area contributed by atoms with Crippen LogP contribution in [-0.2, 0) is 17.8 Å². The normalized spacial score (nSPS) is 17.4. The van der Waals surface area contributed by atoms with Crippen molar-refractivity contribution in [2.45, 2.75) is 31.7 Å². The topological polar surface area (TPSA) is 22.0 Å². The zero-order valence-corrected chi connectivity index (χ0v) is 12.5. The fourth-order valence-electron chi connectivity index (χ4n) is 3.79. The maximum Gasteiger partial charge on any atom is 0.128 e. The van der Waals surface area contributed by atoms with Gasteiger partial charge in [0.15, 0.2) is 0 Å². The summed E-state index contributed by atoms with van der Waals surface area (Å²) in [6.45, 7) is 0.834. The number of para-hydroxylation sites is 1. The third-order valence-electron chi connectivity index (χ3n) is 4.76. The zero-order valence-electron chi connectivity index (χ0n) is 12.5. The molecule has 1 aliphatic rings. The molecule has 2 heteroatoms. The third-order valence-corrected chi connectivity index (χ3v) is 4.76. The van der Waals surface area contributed by atoms with Gasteiger partial charge >= 0.3 is 0 Å². The summed E-state index contributed by atoms with van der Waals surface area (Å²) in [6.07, 6.45) is 4.30. The van der Waals surface area contributed by atoms with Gasteiger partial charge in [0.1, 0.15) is 6.29 Å². The lowest BCUT2D eigenvalue weighted by Gasteiger charge is -2.21. The average molecular weight is 289 g/mol. The van der Waals surface area contributed by atoms with Gasteiger partial charge in [-0.3, -0.25) is 0 Å². The number of carbonyl (C=O) groups is 1. The van der Waals surface area contributed by atoms with Crippen LogP contribution in [-0.4, -0.2) is 10.9 Å². The smallest absolute Gasteiger partial charge is 0.128 e. The molecule has 1 heterocycles. The van der Waals surface area contributed by atoms with Crippen LogP contribution < -0.4 is 0 Å². The molecule has 0 saturated heterocycles. The van der Waals surface area contributed by atoms with Gasteiger partial charge in [-0.25, -0.2) is 0 Å². The van der Waals surface area contributed by atoms with E-state index in [0.717, 1.165) is 32.1 Å². The van der Waals surface area contributed by atoms with E-state index in [1.54, 1.807) is 0 Å². The largest absolute Gasteiger partial charge is 0.339 e. The molecule has 1 aliphatic carbocycles.